The van der Waals surface area contributed by atoms with Gasteiger partial charge in [-0.25, -0.2) is 4.98 Å². The number of halogens is 3. The lowest BCUT2D eigenvalue weighted by Gasteiger charge is -2.39. The van der Waals surface area contributed by atoms with E-state index in [9.17, 15) is 13.2 Å². The normalized spacial score (nSPS) is 18.8. The highest BCUT2D eigenvalue weighted by molar-refractivity contribution is 5.48. The number of methoxy groups -OCH3 is 1. The third-order valence-electron chi connectivity index (χ3n) is 3.74. The van der Waals surface area contributed by atoms with Crippen molar-refractivity contribution in [2.75, 3.05) is 44.8 Å². The van der Waals surface area contributed by atoms with Crippen LogP contribution in [0.5, 0.6) is 0 Å². The third-order valence-corrected chi connectivity index (χ3v) is 3.74. The second kappa shape index (κ2) is 6.62. The van der Waals surface area contributed by atoms with Crippen molar-refractivity contribution in [1.82, 2.24) is 9.88 Å². The Balaban J connectivity index is 2.06. The number of alkyl halides is 3. The van der Waals surface area contributed by atoms with E-state index in [0.29, 0.717) is 32.8 Å². The fourth-order valence-corrected chi connectivity index (χ4v) is 2.59. The summed E-state index contributed by atoms with van der Waals surface area (Å²) in [6.07, 6.45) is -2.96. The van der Waals surface area contributed by atoms with E-state index in [-0.39, 0.29) is 11.9 Å². The molecule has 1 atom stereocenters. The van der Waals surface area contributed by atoms with Gasteiger partial charge in [-0.2, -0.15) is 13.2 Å². The quantitative estimate of drug-likeness (QED) is 0.853. The predicted molar refractivity (Wildman–Crippen MR) is 74.4 cm³/mol. The van der Waals surface area contributed by atoms with Crippen molar-refractivity contribution >= 4 is 5.82 Å². The van der Waals surface area contributed by atoms with Crippen LogP contribution in [0.15, 0.2) is 18.3 Å². The van der Waals surface area contributed by atoms with Crippen LogP contribution < -0.4 is 4.90 Å². The second-order valence-electron chi connectivity index (χ2n) is 5.20. The summed E-state index contributed by atoms with van der Waals surface area (Å²) in [5.74, 6) is 0.0315. The van der Waals surface area contributed by atoms with Gasteiger partial charge in [0.2, 0.25) is 0 Å². The maximum absolute atomic E-state index is 13.0. The fraction of sp³-hybridized carbons (Fsp3) is 0.643. The van der Waals surface area contributed by atoms with Gasteiger partial charge in [-0.3, -0.25) is 4.90 Å². The van der Waals surface area contributed by atoms with E-state index in [1.54, 1.807) is 12.0 Å². The van der Waals surface area contributed by atoms with Crippen LogP contribution in [0, 0.1) is 0 Å². The van der Waals surface area contributed by atoms with Gasteiger partial charge < -0.3 is 9.64 Å². The van der Waals surface area contributed by atoms with Crippen molar-refractivity contribution < 1.29 is 17.9 Å². The summed E-state index contributed by atoms with van der Waals surface area (Å²) in [7, 11) is 1.65. The lowest BCUT2D eigenvalue weighted by Crippen LogP contribution is -2.51. The first-order valence-electron chi connectivity index (χ1n) is 6.93. The van der Waals surface area contributed by atoms with Crippen LogP contribution in [0.2, 0.25) is 0 Å². The van der Waals surface area contributed by atoms with Gasteiger partial charge in [-0.05, 0) is 19.1 Å². The fourth-order valence-electron chi connectivity index (χ4n) is 2.59. The largest absolute Gasteiger partial charge is 0.419 e. The van der Waals surface area contributed by atoms with Crippen molar-refractivity contribution in [3.05, 3.63) is 23.9 Å². The van der Waals surface area contributed by atoms with Crippen molar-refractivity contribution in [3.63, 3.8) is 0 Å². The molecule has 1 aromatic rings. The molecule has 7 heteroatoms. The number of ether oxygens (including phenoxy) is 1. The summed E-state index contributed by atoms with van der Waals surface area (Å²) in [5, 5.41) is 0. The molecule has 1 aromatic heterocycles. The van der Waals surface area contributed by atoms with E-state index in [1.807, 2.05) is 0 Å². The maximum Gasteiger partial charge on any atom is 0.419 e. The Morgan fingerprint density at radius 2 is 1.95 bits per heavy atom. The average Bonchev–Trinajstić information content (AvgIpc) is 2.47. The Bertz CT molecular complexity index is 459. The molecule has 1 saturated heterocycles. The molecule has 2 rings (SSSR count). The molecule has 2 heterocycles. The van der Waals surface area contributed by atoms with Crippen LogP contribution in [-0.2, 0) is 10.9 Å². The van der Waals surface area contributed by atoms with Crippen molar-refractivity contribution in [3.8, 4) is 0 Å². The molecule has 0 aliphatic carbocycles. The molecule has 118 valence electrons. The van der Waals surface area contributed by atoms with Gasteiger partial charge in [0, 0.05) is 45.5 Å². The summed E-state index contributed by atoms with van der Waals surface area (Å²) in [5.41, 5.74) is -0.664. The molecule has 1 aliphatic heterocycles. The SMILES string of the molecule is COC[C@@H](C)N1CCN(c2ncccc2C(F)(F)F)CC1. The van der Waals surface area contributed by atoms with Crippen molar-refractivity contribution in [2.24, 2.45) is 0 Å². The zero-order valence-corrected chi connectivity index (χ0v) is 12.2. The molecule has 0 unspecified atom stereocenters. The van der Waals surface area contributed by atoms with E-state index in [0.717, 1.165) is 6.07 Å². The summed E-state index contributed by atoms with van der Waals surface area (Å²) in [6, 6.07) is 2.67. The van der Waals surface area contributed by atoms with Gasteiger partial charge in [-0.15, -0.1) is 0 Å². The highest BCUT2D eigenvalue weighted by Gasteiger charge is 2.36. The molecule has 0 N–H and O–H groups in total. The molecule has 0 radical (unpaired) electrons. The van der Waals surface area contributed by atoms with E-state index in [4.69, 9.17) is 4.74 Å². The smallest absolute Gasteiger partial charge is 0.383 e. The Hall–Kier alpha value is -1.34. The van der Waals surface area contributed by atoms with Gasteiger partial charge in [0.1, 0.15) is 5.82 Å². The average molecular weight is 303 g/mol. The number of anilines is 1. The van der Waals surface area contributed by atoms with Gasteiger partial charge in [0.25, 0.3) is 0 Å². The van der Waals surface area contributed by atoms with Gasteiger partial charge in [-0.1, -0.05) is 0 Å². The third kappa shape index (κ3) is 3.85. The second-order valence-corrected chi connectivity index (χ2v) is 5.20. The Morgan fingerprint density at radius 3 is 2.52 bits per heavy atom. The number of piperazine rings is 1. The maximum atomic E-state index is 13.0. The molecule has 0 spiro atoms. The highest BCUT2D eigenvalue weighted by atomic mass is 19.4. The Morgan fingerprint density at radius 1 is 1.29 bits per heavy atom. The summed E-state index contributed by atoms with van der Waals surface area (Å²) >= 11 is 0. The number of aromatic nitrogens is 1. The molecule has 0 bridgehead atoms. The molecule has 21 heavy (non-hydrogen) atoms. The zero-order valence-electron chi connectivity index (χ0n) is 12.2. The highest BCUT2D eigenvalue weighted by Crippen LogP contribution is 2.35. The molecule has 0 saturated carbocycles. The van der Waals surface area contributed by atoms with Crippen molar-refractivity contribution in [2.45, 2.75) is 19.1 Å². The standard InChI is InChI=1S/C14H20F3N3O/c1-11(10-21-2)19-6-8-20(9-7-19)13-12(14(15,16)17)4-3-5-18-13/h3-5,11H,6-10H2,1-2H3/t11-/m1/s1. The minimum atomic E-state index is -4.37. The van der Waals surface area contributed by atoms with Crippen LogP contribution >= 0.6 is 0 Å². The molecular weight excluding hydrogens is 283 g/mol. The van der Waals surface area contributed by atoms with E-state index < -0.39 is 11.7 Å². The van der Waals surface area contributed by atoms with Crippen LogP contribution in [0.3, 0.4) is 0 Å². The van der Waals surface area contributed by atoms with E-state index >= 15 is 0 Å². The number of nitrogens with zero attached hydrogens (tertiary/aromatic N) is 3. The van der Waals surface area contributed by atoms with Crippen LogP contribution in [-0.4, -0.2) is 55.8 Å². The molecular formula is C14H20F3N3O. The zero-order chi connectivity index (χ0) is 15.5. The Labute approximate surface area is 122 Å². The van der Waals surface area contributed by atoms with Gasteiger partial charge in [0.05, 0.1) is 12.2 Å². The monoisotopic (exact) mass is 303 g/mol. The lowest BCUT2D eigenvalue weighted by atomic mass is 10.2. The van der Waals surface area contributed by atoms with Crippen LogP contribution in [0.25, 0.3) is 0 Å². The minimum Gasteiger partial charge on any atom is -0.383 e. The molecule has 0 amide bonds. The first kappa shape index (κ1) is 16.0. The number of hydrogen-bond acceptors (Lipinski definition) is 4. The summed E-state index contributed by atoms with van der Waals surface area (Å²) < 4.78 is 44.2. The first-order chi connectivity index (χ1) is 9.93. The van der Waals surface area contributed by atoms with Crippen molar-refractivity contribution in [1.29, 1.82) is 0 Å². The van der Waals surface area contributed by atoms with E-state index in [2.05, 4.69) is 16.8 Å². The first-order valence-corrected chi connectivity index (χ1v) is 6.93. The van der Waals surface area contributed by atoms with E-state index in [1.165, 1.54) is 12.3 Å². The van der Waals surface area contributed by atoms with Gasteiger partial charge >= 0.3 is 6.18 Å². The molecule has 1 aliphatic rings. The molecule has 1 fully saturated rings. The molecule has 0 aromatic carbocycles. The number of hydrogen-bond donors (Lipinski definition) is 0. The summed E-state index contributed by atoms with van der Waals surface area (Å²) in [6.45, 7) is 5.16. The number of rotatable bonds is 4. The molecule has 4 nitrogen and oxygen atoms in total. The van der Waals surface area contributed by atoms with Crippen LogP contribution in [0.1, 0.15) is 12.5 Å². The topological polar surface area (TPSA) is 28.6 Å². The van der Waals surface area contributed by atoms with Crippen LogP contribution in [0.4, 0.5) is 19.0 Å². The minimum absolute atomic E-state index is 0.0315. The predicted octanol–water partition coefficient (Wildman–Crippen LogP) is 2.26. The lowest BCUT2D eigenvalue weighted by molar-refractivity contribution is -0.137. The van der Waals surface area contributed by atoms with Gasteiger partial charge in [0.15, 0.2) is 0 Å². The number of pyridine rings is 1. The summed E-state index contributed by atoms with van der Waals surface area (Å²) in [4.78, 5) is 7.86. The Kier molecular flexibility index (Phi) is 5.05.